The van der Waals surface area contributed by atoms with Gasteiger partial charge in [-0.1, -0.05) is 6.92 Å². The van der Waals surface area contributed by atoms with E-state index >= 15 is 0 Å². The SMILES string of the molecule is CCNC(C)(C#N)C12CC3CC(CC(C3)C1)C2. The van der Waals surface area contributed by atoms with E-state index in [9.17, 15) is 5.26 Å². The van der Waals surface area contributed by atoms with Crippen LogP contribution in [0.5, 0.6) is 0 Å². The Morgan fingerprint density at radius 1 is 1.18 bits per heavy atom. The van der Waals surface area contributed by atoms with Crippen molar-refractivity contribution in [3.05, 3.63) is 0 Å². The third kappa shape index (κ3) is 1.55. The van der Waals surface area contributed by atoms with Crippen LogP contribution in [-0.4, -0.2) is 12.1 Å². The molecule has 0 saturated heterocycles. The molecule has 4 saturated carbocycles. The fraction of sp³-hybridized carbons (Fsp3) is 0.933. The van der Waals surface area contributed by atoms with Crippen LogP contribution in [0.2, 0.25) is 0 Å². The lowest BCUT2D eigenvalue weighted by Gasteiger charge is -2.61. The zero-order chi connectivity index (χ0) is 12.1. The molecular formula is C15H24N2. The maximum absolute atomic E-state index is 9.66. The van der Waals surface area contributed by atoms with Gasteiger partial charge in [0.2, 0.25) is 0 Å². The minimum Gasteiger partial charge on any atom is -0.299 e. The van der Waals surface area contributed by atoms with Gasteiger partial charge in [0.1, 0.15) is 5.54 Å². The minimum absolute atomic E-state index is 0.284. The summed E-state index contributed by atoms with van der Waals surface area (Å²) < 4.78 is 0. The van der Waals surface area contributed by atoms with Crippen LogP contribution in [0.1, 0.15) is 52.4 Å². The molecule has 0 amide bonds. The molecule has 4 rings (SSSR count). The molecule has 0 aliphatic heterocycles. The fourth-order valence-corrected chi connectivity index (χ4v) is 5.42. The molecule has 1 N–H and O–H groups in total. The van der Waals surface area contributed by atoms with Gasteiger partial charge in [0.05, 0.1) is 6.07 Å². The van der Waals surface area contributed by atoms with Crippen molar-refractivity contribution in [2.45, 2.75) is 57.9 Å². The molecule has 0 aromatic carbocycles. The first-order valence-corrected chi connectivity index (χ1v) is 7.27. The van der Waals surface area contributed by atoms with Gasteiger partial charge in [0.25, 0.3) is 0 Å². The predicted molar refractivity (Wildman–Crippen MR) is 68.3 cm³/mol. The first kappa shape index (κ1) is 11.5. The molecule has 4 aliphatic carbocycles. The largest absolute Gasteiger partial charge is 0.299 e. The van der Waals surface area contributed by atoms with Gasteiger partial charge < -0.3 is 0 Å². The zero-order valence-corrected chi connectivity index (χ0v) is 11.1. The summed E-state index contributed by atoms with van der Waals surface area (Å²) in [4.78, 5) is 0. The summed E-state index contributed by atoms with van der Waals surface area (Å²) in [5, 5.41) is 13.2. The Labute approximate surface area is 105 Å². The van der Waals surface area contributed by atoms with Crippen LogP contribution in [0.15, 0.2) is 0 Å². The second-order valence-corrected chi connectivity index (χ2v) is 6.97. The topological polar surface area (TPSA) is 35.8 Å². The molecule has 1 unspecified atom stereocenters. The average Bonchev–Trinajstić information content (AvgIpc) is 2.27. The van der Waals surface area contributed by atoms with Crippen molar-refractivity contribution in [3.63, 3.8) is 0 Å². The van der Waals surface area contributed by atoms with Gasteiger partial charge in [0, 0.05) is 5.41 Å². The van der Waals surface area contributed by atoms with E-state index in [0.717, 1.165) is 24.3 Å². The van der Waals surface area contributed by atoms with E-state index in [4.69, 9.17) is 0 Å². The van der Waals surface area contributed by atoms with Crippen LogP contribution >= 0.6 is 0 Å². The maximum Gasteiger partial charge on any atom is 0.109 e. The second-order valence-electron chi connectivity index (χ2n) is 6.97. The third-order valence-corrected chi connectivity index (χ3v) is 5.85. The Morgan fingerprint density at radius 3 is 2.00 bits per heavy atom. The summed E-state index contributed by atoms with van der Waals surface area (Å²) in [6, 6.07) is 2.63. The molecule has 2 nitrogen and oxygen atoms in total. The summed E-state index contributed by atoms with van der Waals surface area (Å²) in [5.74, 6) is 2.77. The van der Waals surface area contributed by atoms with Gasteiger partial charge in [-0.3, -0.25) is 5.32 Å². The lowest BCUT2D eigenvalue weighted by Crippen LogP contribution is -2.62. The van der Waals surface area contributed by atoms with E-state index in [2.05, 4.69) is 25.2 Å². The molecule has 4 fully saturated rings. The lowest BCUT2D eigenvalue weighted by atomic mass is 9.45. The fourth-order valence-electron chi connectivity index (χ4n) is 5.42. The number of nitriles is 1. The normalized spacial score (nSPS) is 46.5. The van der Waals surface area contributed by atoms with Crippen molar-refractivity contribution < 1.29 is 0 Å². The van der Waals surface area contributed by atoms with Gasteiger partial charge in [-0.05, 0) is 69.7 Å². The van der Waals surface area contributed by atoms with Crippen molar-refractivity contribution >= 4 is 0 Å². The van der Waals surface area contributed by atoms with Crippen molar-refractivity contribution in [2.75, 3.05) is 6.54 Å². The number of hydrogen-bond acceptors (Lipinski definition) is 2. The molecule has 0 aromatic rings. The van der Waals surface area contributed by atoms with Crippen LogP contribution in [0, 0.1) is 34.5 Å². The van der Waals surface area contributed by atoms with Crippen molar-refractivity contribution in [3.8, 4) is 6.07 Å². The first-order chi connectivity index (χ1) is 8.11. The first-order valence-electron chi connectivity index (χ1n) is 7.27. The number of nitrogens with zero attached hydrogens (tertiary/aromatic N) is 1. The van der Waals surface area contributed by atoms with Crippen LogP contribution in [0.4, 0.5) is 0 Å². The molecular weight excluding hydrogens is 208 g/mol. The van der Waals surface area contributed by atoms with Gasteiger partial charge in [-0.25, -0.2) is 0 Å². The highest BCUT2D eigenvalue weighted by atomic mass is 15.0. The highest BCUT2D eigenvalue weighted by molar-refractivity contribution is 5.20. The average molecular weight is 232 g/mol. The Hall–Kier alpha value is -0.550. The maximum atomic E-state index is 9.66. The summed E-state index contributed by atoms with van der Waals surface area (Å²) in [5.41, 5.74) is -0.00965. The van der Waals surface area contributed by atoms with Crippen molar-refractivity contribution in [1.82, 2.24) is 5.32 Å². The van der Waals surface area contributed by atoms with Crippen molar-refractivity contribution in [1.29, 1.82) is 5.26 Å². The molecule has 0 radical (unpaired) electrons. The predicted octanol–water partition coefficient (Wildman–Crippen LogP) is 3.09. The molecule has 0 spiro atoms. The van der Waals surface area contributed by atoms with E-state index in [-0.39, 0.29) is 11.0 Å². The molecule has 4 bridgehead atoms. The van der Waals surface area contributed by atoms with Gasteiger partial charge in [-0.15, -0.1) is 0 Å². The molecule has 0 heterocycles. The highest BCUT2D eigenvalue weighted by Crippen LogP contribution is 2.63. The van der Waals surface area contributed by atoms with Crippen LogP contribution in [-0.2, 0) is 0 Å². The summed E-state index contributed by atoms with van der Waals surface area (Å²) in [7, 11) is 0. The quantitative estimate of drug-likeness (QED) is 0.811. The van der Waals surface area contributed by atoms with Crippen LogP contribution in [0.25, 0.3) is 0 Å². The number of rotatable bonds is 3. The number of hydrogen-bond donors (Lipinski definition) is 1. The van der Waals surface area contributed by atoms with E-state index in [0.29, 0.717) is 0 Å². The van der Waals surface area contributed by atoms with Crippen LogP contribution < -0.4 is 5.32 Å². The van der Waals surface area contributed by atoms with E-state index in [1.54, 1.807) is 0 Å². The summed E-state index contributed by atoms with van der Waals surface area (Å²) in [6.45, 7) is 5.19. The Morgan fingerprint density at radius 2 is 1.65 bits per heavy atom. The van der Waals surface area contributed by atoms with Gasteiger partial charge in [-0.2, -0.15) is 5.26 Å². The smallest absolute Gasteiger partial charge is 0.109 e. The van der Waals surface area contributed by atoms with E-state index < -0.39 is 0 Å². The minimum atomic E-state index is -0.294. The molecule has 2 heteroatoms. The van der Waals surface area contributed by atoms with Crippen molar-refractivity contribution in [2.24, 2.45) is 23.2 Å². The van der Waals surface area contributed by atoms with Crippen LogP contribution in [0.3, 0.4) is 0 Å². The number of nitrogens with one attached hydrogen (secondary N) is 1. The van der Waals surface area contributed by atoms with Gasteiger partial charge in [0.15, 0.2) is 0 Å². The Kier molecular flexibility index (Phi) is 2.52. The standard InChI is InChI=1S/C15H24N2/c1-3-17-14(2,10-16)15-7-11-4-12(8-15)6-13(5-11)9-15/h11-13,17H,3-9H2,1-2H3. The second kappa shape index (κ2) is 3.72. The summed E-state index contributed by atoms with van der Waals surface area (Å²) >= 11 is 0. The monoisotopic (exact) mass is 232 g/mol. The molecule has 1 atom stereocenters. The Balaban J connectivity index is 1.93. The molecule has 0 aromatic heterocycles. The Bertz CT molecular complexity index is 319. The third-order valence-electron chi connectivity index (χ3n) is 5.85. The van der Waals surface area contributed by atoms with E-state index in [1.807, 2.05) is 0 Å². The molecule has 4 aliphatic rings. The highest BCUT2D eigenvalue weighted by Gasteiger charge is 2.58. The van der Waals surface area contributed by atoms with Gasteiger partial charge >= 0.3 is 0 Å². The lowest BCUT2D eigenvalue weighted by molar-refractivity contribution is -0.0877. The molecule has 94 valence electrons. The summed E-state index contributed by atoms with van der Waals surface area (Å²) in [6.07, 6.45) is 8.26. The zero-order valence-electron chi connectivity index (χ0n) is 11.1. The molecule has 17 heavy (non-hydrogen) atoms. The van der Waals surface area contributed by atoms with E-state index in [1.165, 1.54) is 38.5 Å².